The molecule has 0 radical (unpaired) electrons. The first kappa shape index (κ1) is 12.8. The number of aromatic nitrogens is 1. The fourth-order valence-corrected chi connectivity index (χ4v) is 1.97. The van der Waals surface area contributed by atoms with Crippen LogP contribution < -0.4 is 5.32 Å². The lowest BCUT2D eigenvalue weighted by Gasteiger charge is -2.09. The van der Waals surface area contributed by atoms with Crippen molar-refractivity contribution in [1.29, 1.82) is 0 Å². The number of phenols is 1. The third-order valence-electron chi connectivity index (χ3n) is 2.55. The summed E-state index contributed by atoms with van der Waals surface area (Å²) in [7, 11) is 0. The van der Waals surface area contributed by atoms with Crippen LogP contribution in [0.25, 0.3) is 0 Å². The zero-order chi connectivity index (χ0) is 13.1. The number of hydrogen-bond donors (Lipinski definition) is 2. The van der Waals surface area contributed by atoms with Gasteiger partial charge in [-0.1, -0.05) is 6.07 Å². The van der Waals surface area contributed by atoms with Gasteiger partial charge in [0.2, 0.25) is 0 Å². The second-order valence-corrected chi connectivity index (χ2v) is 4.72. The summed E-state index contributed by atoms with van der Waals surface area (Å²) >= 11 is 3.29. The number of halogens is 2. The van der Waals surface area contributed by atoms with E-state index in [1.54, 1.807) is 6.07 Å². The van der Waals surface area contributed by atoms with Crippen LogP contribution in [0, 0.1) is 12.7 Å². The predicted molar refractivity (Wildman–Crippen MR) is 72.1 cm³/mol. The van der Waals surface area contributed by atoms with Gasteiger partial charge in [0.05, 0.1) is 11.4 Å². The fraction of sp³-hybridized carbons (Fsp3) is 0.154. The van der Waals surface area contributed by atoms with Crippen molar-refractivity contribution in [3.05, 3.63) is 52.0 Å². The molecular weight excluding hydrogens is 299 g/mol. The molecule has 0 aliphatic heterocycles. The molecule has 0 amide bonds. The van der Waals surface area contributed by atoms with Gasteiger partial charge in [-0.25, -0.2) is 9.37 Å². The molecule has 2 rings (SSSR count). The number of anilines is 1. The molecule has 0 atom stereocenters. The minimum atomic E-state index is -0.611. The minimum Gasteiger partial charge on any atom is -0.505 e. The van der Waals surface area contributed by atoms with E-state index in [2.05, 4.69) is 26.2 Å². The van der Waals surface area contributed by atoms with E-state index >= 15 is 0 Å². The topological polar surface area (TPSA) is 45.2 Å². The third-order valence-corrected chi connectivity index (χ3v) is 2.99. The first-order chi connectivity index (χ1) is 8.56. The van der Waals surface area contributed by atoms with Gasteiger partial charge in [0.1, 0.15) is 4.60 Å². The molecule has 5 heteroatoms. The van der Waals surface area contributed by atoms with Crippen molar-refractivity contribution in [2.75, 3.05) is 5.32 Å². The van der Waals surface area contributed by atoms with Gasteiger partial charge in [-0.3, -0.25) is 0 Å². The largest absolute Gasteiger partial charge is 0.505 e. The number of rotatable bonds is 3. The molecule has 18 heavy (non-hydrogen) atoms. The highest BCUT2D eigenvalue weighted by molar-refractivity contribution is 9.10. The number of aryl methyl sites for hydroxylation is 1. The van der Waals surface area contributed by atoms with Gasteiger partial charge in [0.15, 0.2) is 11.6 Å². The molecule has 0 aliphatic rings. The number of aromatic hydroxyl groups is 1. The third kappa shape index (κ3) is 2.98. The van der Waals surface area contributed by atoms with Crippen LogP contribution in [0.2, 0.25) is 0 Å². The molecule has 3 nitrogen and oxygen atoms in total. The summed E-state index contributed by atoms with van der Waals surface area (Å²) in [6.45, 7) is 2.37. The monoisotopic (exact) mass is 310 g/mol. The number of hydrogen-bond acceptors (Lipinski definition) is 3. The van der Waals surface area contributed by atoms with E-state index in [-0.39, 0.29) is 5.75 Å². The molecule has 0 aliphatic carbocycles. The number of phenolic OH excluding ortho intramolecular Hbond substituents is 1. The van der Waals surface area contributed by atoms with Crippen molar-refractivity contribution in [3.63, 3.8) is 0 Å². The smallest absolute Gasteiger partial charge is 0.165 e. The Kier molecular flexibility index (Phi) is 3.81. The maximum absolute atomic E-state index is 13.1. The lowest BCUT2D eigenvalue weighted by molar-refractivity contribution is 0.432. The van der Waals surface area contributed by atoms with E-state index in [9.17, 15) is 4.39 Å². The van der Waals surface area contributed by atoms with Crippen LogP contribution in [-0.2, 0) is 6.54 Å². The van der Waals surface area contributed by atoms with E-state index in [0.717, 1.165) is 21.5 Å². The molecule has 0 saturated carbocycles. The van der Waals surface area contributed by atoms with E-state index in [1.807, 2.05) is 19.1 Å². The summed E-state index contributed by atoms with van der Waals surface area (Å²) in [5.74, 6) is -0.944. The van der Waals surface area contributed by atoms with Crippen molar-refractivity contribution in [2.45, 2.75) is 13.5 Å². The summed E-state index contributed by atoms with van der Waals surface area (Å²) in [4.78, 5) is 4.26. The van der Waals surface area contributed by atoms with Gasteiger partial charge in [-0.05, 0) is 52.7 Å². The molecule has 0 spiro atoms. The van der Waals surface area contributed by atoms with Gasteiger partial charge < -0.3 is 10.4 Å². The summed E-state index contributed by atoms with van der Waals surface area (Å²) in [5.41, 5.74) is 2.52. The second kappa shape index (κ2) is 5.35. The summed E-state index contributed by atoms with van der Waals surface area (Å²) in [5, 5.41) is 12.3. The van der Waals surface area contributed by atoms with Gasteiger partial charge in [-0.15, -0.1) is 0 Å². The first-order valence-corrected chi connectivity index (χ1v) is 6.20. The lowest BCUT2D eigenvalue weighted by Crippen LogP contribution is -2.02. The fourth-order valence-electron chi connectivity index (χ4n) is 1.57. The van der Waals surface area contributed by atoms with Crippen LogP contribution in [0.15, 0.2) is 34.9 Å². The molecule has 2 aromatic rings. The molecule has 1 aromatic carbocycles. The standard InChI is InChI=1S/C13H12BrFN2O/c1-8-11(3-5-13(14)17-8)16-7-9-2-4-12(18)10(15)6-9/h2-6,16,18H,7H2,1H3. The van der Waals surface area contributed by atoms with Crippen LogP contribution in [0.5, 0.6) is 5.75 Å². The van der Waals surface area contributed by atoms with Crippen LogP contribution in [0.4, 0.5) is 10.1 Å². The highest BCUT2D eigenvalue weighted by Crippen LogP contribution is 2.19. The molecule has 1 aromatic heterocycles. The average molecular weight is 311 g/mol. The Balaban J connectivity index is 2.09. The Labute approximate surface area is 113 Å². The Bertz CT molecular complexity index is 575. The average Bonchev–Trinajstić information content (AvgIpc) is 2.32. The number of nitrogens with one attached hydrogen (secondary N) is 1. The SMILES string of the molecule is Cc1nc(Br)ccc1NCc1ccc(O)c(F)c1. The summed E-state index contributed by atoms with van der Waals surface area (Å²) in [6.07, 6.45) is 0. The molecule has 0 bridgehead atoms. The maximum atomic E-state index is 13.1. The second-order valence-electron chi connectivity index (χ2n) is 3.91. The van der Waals surface area contributed by atoms with Crippen molar-refractivity contribution < 1.29 is 9.50 Å². The van der Waals surface area contributed by atoms with Crippen molar-refractivity contribution in [3.8, 4) is 5.75 Å². The van der Waals surface area contributed by atoms with Crippen molar-refractivity contribution in [2.24, 2.45) is 0 Å². The first-order valence-electron chi connectivity index (χ1n) is 5.40. The molecule has 0 unspecified atom stereocenters. The van der Waals surface area contributed by atoms with Gasteiger partial charge in [-0.2, -0.15) is 0 Å². The normalized spacial score (nSPS) is 10.4. The maximum Gasteiger partial charge on any atom is 0.165 e. The highest BCUT2D eigenvalue weighted by Gasteiger charge is 2.03. The van der Waals surface area contributed by atoms with Crippen molar-refractivity contribution >= 4 is 21.6 Å². The zero-order valence-corrected chi connectivity index (χ0v) is 11.3. The molecular formula is C13H12BrFN2O. The quantitative estimate of drug-likeness (QED) is 0.851. The van der Waals surface area contributed by atoms with E-state index in [4.69, 9.17) is 5.11 Å². The van der Waals surface area contributed by atoms with Crippen LogP contribution in [0.3, 0.4) is 0 Å². The highest BCUT2D eigenvalue weighted by atomic mass is 79.9. The van der Waals surface area contributed by atoms with Gasteiger partial charge >= 0.3 is 0 Å². The summed E-state index contributed by atoms with van der Waals surface area (Å²) in [6, 6.07) is 8.08. The molecule has 1 heterocycles. The zero-order valence-electron chi connectivity index (χ0n) is 9.74. The number of pyridine rings is 1. The molecule has 94 valence electrons. The van der Waals surface area contributed by atoms with Gasteiger partial charge in [0, 0.05) is 6.54 Å². The molecule has 0 saturated heterocycles. The minimum absolute atomic E-state index is 0.333. The van der Waals surface area contributed by atoms with E-state index in [1.165, 1.54) is 12.1 Å². The Hall–Kier alpha value is -1.62. The summed E-state index contributed by atoms with van der Waals surface area (Å²) < 4.78 is 13.9. The van der Waals surface area contributed by atoms with Crippen molar-refractivity contribution in [1.82, 2.24) is 4.98 Å². The van der Waals surface area contributed by atoms with Crippen LogP contribution >= 0.6 is 15.9 Å². The number of benzene rings is 1. The van der Waals surface area contributed by atoms with Crippen LogP contribution in [-0.4, -0.2) is 10.1 Å². The Morgan fingerprint density at radius 2 is 2.11 bits per heavy atom. The van der Waals surface area contributed by atoms with Gasteiger partial charge in [0.25, 0.3) is 0 Å². The Morgan fingerprint density at radius 3 is 2.78 bits per heavy atom. The van der Waals surface area contributed by atoms with E-state index in [0.29, 0.717) is 6.54 Å². The number of nitrogens with zero attached hydrogens (tertiary/aromatic N) is 1. The van der Waals surface area contributed by atoms with Crippen LogP contribution in [0.1, 0.15) is 11.3 Å². The Morgan fingerprint density at radius 1 is 1.33 bits per heavy atom. The lowest BCUT2D eigenvalue weighted by atomic mass is 10.2. The molecule has 2 N–H and O–H groups in total. The molecule has 0 fully saturated rings. The predicted octanol–water partition coefficient (Wildman–Crippen LogP) is 3.61. The van der Waals surface area contributed by atoms with E-state index < -0.39 is 5.82 Å².